The second kappa shape index (κ2) is 7.40. The van der Waals surface area contributed by atoms with Gasteiger partial charge in [-0.3, -0.25) is 4.79 Å². The lowest BCUT2D eigenvalue weighted by Gasteiger charge is -2.14. The van der Waals surface area contributed by atoms with Crippen LogP contribution in [0.1, 0.15) is 11.1 Å². The third kappa shape index (κ3) is 4.08. The largest absolute Gasteiger partial charge is 0.445 e. The molecule has 0 saturated carbocycles. The Hall–Kier alpha value is -2.47. The molecule has 24 heavy (non-hydrogen) atoms. The van der Waals surface area contributed by atoms with E-state index in [1.54, 1.807) is 0 Å². The molecule has 0 spiro atoms. The van der Waals surface area contributed by atoms with Crippen molar-refractivity contribution in [1.29, 1.82) is 0 Å². The number of thioether (sulfide) groups is 1. The summed E-state index contributed by atoms with van der Waals surface area (Å²) in [6, 6.07) is 14.6. The van der Waals surface area contributed by atoms with Gasteiger partial charge in [0.1, 0.15) is 12.6 Å². The molecule has 2 N–H and O–H groups in total. The van der Waals surface area contributed by atoms with E-state index >= 15 is 0 Å². The average molecular weight is 342 g/mol. The van der Waals surface area contributed by atoms with E-state index in [1.165, 1.54) is 11.8 Å². The molecule has 0 aromatic heterocycles. The van der Waals surface area contributed by atoms with Crippen LogP contribution < -0.4 is 10.6 Å². The van der Waals surface area contributed by atoms with Crippen molar-refractivity contribution < 1.29 is 14.3 Å². The summed E-state index contributed by atoms with van der Waals surface area (Å²) < 4.78 is 5.18. The van der Waals surface area contributed by atoms with Gasteiger partial charge in [-0.2, -0.15) is 0 Å². The molecule has 0 fully saturated rings. The molecule has 2 aromatic rings. The Kier molecular flexibility index (Phi) is 5.05. The van der Waals surface area contributed by atoms with Gasteiger partial charge >= 0.3 is 6.09 Å². The maximum atomic E-state index is 12.3. The molecule has 5 nitrogen and oxygen atoms in total. The maximum absolute atomic E-state index is 12.3. The number of aryl methyl sites for hydroxylation is 1. The first-order valence-electron chi connectivity index (χ1n) is 7.63. The van der Waals surface area contributed by atoms with Crippen molar-refractivity contribution in [3.63, 3.8) is 0 Å². The number of nitrogens with one attached hydrogen (secondary N) is 2. The zero-order chi connectivity index (χ0) is 16.9. The lowest BCUT2D eigenvalue weighted by molar-refractivity contribution is -0.117. The minimum atomic E-state index is -0.633. The third-order valence-electron chi connectivity index (χ3n) is 3.62. The van der Waals surface area contributed by atoms with Crippen molar-refractivity contribution in [3.8, 4) is 0 Å². The van der Waals surface area contributed by atoms with Gasteiger partial charge in [0.05, 0.1) is 5.69 Å². The number of ether oxygens (including phenoxy) is 1. The van der Waals surface area contributed by atoms with E-state index in [0.29, 0.717) is 5.75 Å². The molecular formula is C18H18N2O3S. The molecular weight excluding hydrogens is 324 g/mol. The molecule has 0 aliphatic carbocycles. The van der Waals surface area contributed by atoms with Crippen LogP contribution >= 0.6 is 11.8 Å². The van der Waals surface area contributed by atoms with E-state index in [1.807, 2.05) is 55.5 Å². The summed E-state index contributed by atoms with van der Waals surface area (Å²) in [7, 11) is 0. The van der Waals surface area contributed by atoms with Crippen LogP contribution in [0.3, 0.4) is 0 Å². The Bertz CT molecular complexity index is 749. The first kappa shape index (κ1) is 16.4. The van der Waals surface area contributed by atoms with Gasteiger partial charge in [-0.05, 0) is 30.2 Å². The van der Waals surface area contributed by atoms with Gasteiger partial charge in [0.25, 0.3) is 0 Å². The Morgan fingerprint density at radius 1 is 1.29 bits per heavy atom. The highest BCUT2D eigenvalue weighted by atomic mass is 32.2. The first-order chi connectivity index (χ1) is 11.6. The SMILES string of the molecule is Cc1ccc2c(c1)SC[C@@H](NC(=O)OCc1ccccc1)C(=O)N2. The zero-order valence-electron chi connectivity index (χ0n) is 13.2. The molecule has 6 heteroatoms. The number of amides is 2. The topological polar surface area (TPSA) is 67.4 Å². The number of alkyl carbamates (subject to hydrolysis) is 1. The lowest BCUT2D eigenvalue weighted by atomic mass is 10.2. The van der Waals surface area contributed by atoms with Gasteiger partial charge in [0.15, 0.2) is 0 Å². The molecule has 0 bridgehead atoms. The highest BCUT2D eigenvalue weighted by Gasteiger charge is 2.26. The van der Waals surface area contributed by atoms with Gasteiger partial charge in [0, 0.05) is 10.6 Å². The minimum Gasteiger partial charge on any atom is -0.445 e. The van der Waals surface area contributed by atoms with Gasteiger partial charge in [-0.1, -0.05) is 36.4 Å². The van der Waals surface area contributed by atoms with Crippen LogP contribution in [0.2, 0.25) is 0 Å². The fourth-order valence-corrected chi connectivity index (χ4v) is 3.46. The molecule has 1 aliphatic heterocycles. The van der Waals surface area contributed by atoms with Crippen molar-refractivity contribution in [2.24, 2.45) is 0 Å². The van der Waals surface area contributed by atoms with Crippen molar-refractivity contribution >= 4 is 29.4 Å². The van der Waals surface area contributed by atoms with Crippen LogP contribution in [-0.4, -0.2) is 23.8 Å². The van der Waals surface area contributed by atoms with E-state index in [9.17, 15) is 9.59 Å². The molecule has 1 aliphatic rings. The molecule has 0 radical (unpaired) electrons. The van der Waals surface area contributed by atoms with Gasteiger partial charge < -0.3 is 15.4 Å². The molecule has 1 heterocycles. The molecule has 2 amide bonds. The van der Waals surface area contributed by atoms with Crippen LogP contribution in [0.25, 0.3) is 0 Å². The number of anilines is 1. The second-order valence-corrected chi connectivity index (χ2v) is 6.62. The highest BCUT2D eigenvalue weighted by Crippen LogP contribution is 2.31. The first-order valence-corrected chi connectivity index (χ1v) is 8.62. The molecule has 1 atom stereocenters. The summed E-state index contributed by atoms with van der Waals surface area (Å²) >= 11 is 1.54. The fraction of sp³-hybridized carbons (Fsp3) is 0.222. The molecule has 124 valence electrons. The van der Waals surface area contributed by atoms with E-state index in [2.05, 4.69) is 10.6 Å². The van der Waals surface area contributed by atoms with Gasteiger partial charge in [0.2, 0.25) is 5.91 Å². The van der Waals surface area contributed by atoms with E-state index < -0.39 is 12.1 Å². The summed E-state index contributed by atoms with van der Waals surface area (Å²) in [6.45, 7) is 2.18. The van der Waals surface area contributed by atoms with Gasteiger partial charge in [-0.25, -0.2) is 4.79 Å². The van der Waals surface area contributed by atoms with Crippen molar-refractivity contribution in [2.75, 3.05) is 11.1 Å². The zero-order valence-corrected chi connectivity index (χ0v) is 14.1. The summed E-state index contributed by atoms with van der Waals surface area (Å²) in [5, 5.41) is 5.48. The number of carbonyl (C=O) groups is 2. The highest BCUT2D eigenvalue weighted by molar-refractivity contribution is 7.99. The van der Waals surface area contributed by atoms with Crippen molar-refractivity contribution in [3.05, 3.63) is 59.7 Å². The molecule has 0 unspecified atom stereocenters. The fourth-order valence-electron chi connectivity index (χ4n) is 2.34. The predicted molar refractivity (Wildman–Crippen MR) is 94.1 cm³/mol. The molecule has 2 aromatic carbocycles. The molecule has 0 saturated heterocycles. The number of benzene rings is 2. The van der Waals surface area contributed by atoms with E-state index in [0.717, 1.165) is 21.7 Å². The van der Waals surface area contributed by atoms with E-state index in [4.69, 9.17) is 4.74 Å². The third-order valence-corrected chi connectivity index (χ3v) is 4.77. The smallest absolute Gasteiger partial charge is 0.408 e. The Labute approximate surface area is 144 Å². The van der Waals surface area contributed by atoms with Crippen LogP contribution in [0, 0.1) is 6.92 Å². The van der Waals surface area contributed by atoms with Crippen molar-refractivity contribution in [2.45, 2.75) is 24.5 Å². The maximum Gasteiger partial charge on any atom is 0.408 e. The minimum absolute atomic E-state index is 0.174. The monoisotopic (exact) mass is 342 g/mol. The van der Waals surface area contributed by atoms with E-state index in [-0.39, 0.29) is 12.5 Å². The second-order valence-electron chi connectivity index (χ2n) is 5.56. The number of hydrogen-bond acceptors (Lipinski definition) is 4. The van der Waals surface area contributed by atoms with Crippen LogP contribution in [0.15, 0.2) is 53.4 Å². The number of carbonyl (C=O) groups excluding carboxylic acids is 2. The van der Waals surface area contributed by atoms with Crippen molar-refractivity contribution in [1.82, 2.24) is 5.32 Å². The summed E-state index contributed by atoms with van der Waals surface area (Å²) in [5.41, 5.74) is 2.80. The number of hydrogen-bond donors (Lipinski definition) is 2. The summed E-state index contributed by atoms with van der Waals surface area (Å²) in [4.78, 5) is 25.2. The average Bonchev–Trinajstić information content (AvgIpc) is 2.73. The van der Waals surface area contributed by atoms with Gasteiger partial charge in [-0.15, -0.1) is 11.8 Å². The summed E-state index contributed by atoms with van der Waals surface area (Å²) in [6.07, 6.45) is -0.596. The normalized spacial score (nSPS) is 16.5. The Morgan fingerprint density at radius 2 is 2.08 bits per heavy atom. The summed E-state index contributed by atoms with van der Waals surface area (Å²) in [5.74, 6) is 0.227. The quantitative estimate of drug-likeness (QED) is 0.898. The lowest BCUT2D eigenvalue weighted by Crippen LogP contribution is -2.44. The molecule has 3 rings (SSSR count). The van der Waals surface area contributed by atoms with Crippen LogP contribution in [0.5, 0.6) is 0 Å². The van der Waals surface area contributed by atoms with Crippen LogP contribution in [0.4, 0.5) is 10.5 Å². The number of fused-ring (bicyclic) bond motifs is 1. The van der Waals surface area contributed by atoms with Crippen LogP contribution in [-0.2, 0) is 16.1 Å². The standard InChI is InChI=1S/C18H18N2O3S/c1-12-7-8-14-16(9-12)24-11-15(17(21)19-14)20-18(22)23-10-13-5-3-2-4-6-13/h2-9,15H,10-11H2,1H3,(H,19,21)(H,20,22)/t15-/m1/s1. The Morgan fingerprint density at radius 3 is 2.88 bits per heavy atom. The number of rotatable bonds is 3. The predicted octanol–water partition coefficient (Wildman–Crippen LogP) is 3.33. The Balaban J connectivity index is 1.57.